The van der Waals surface area contributed by atoms with Crippen LogP contribution in [0.5, 0.6) is 0 Å². The van der Waals surface area contributed by atoms with E-state index in [2.05, 4.69) is 29.0 Å². The van der Waals surface area contributed by atoms with Crippen LogP contribution < -0.4 is 10.2 Å². The van der Waals surface area contributed by atoms with Crippen molar-refractivity contribution in [2.45, 2.75) is 32.2 Å². The van der Waals surface area contributed by atoms with Crippen LogP contribution >= 0.6 is 0 Å². The molecule has 2 aliphatic rings. The average molecular weight is 342 g/mol. The highest BCUT2D eigenvalue weighted by molar-refractivity contribution is 6.07. The van der Waals surface area contributed by atoms with Crippen LogP contribution in [-0.4, -0.2) is 47.0 Å². The number of benzene rings is 1. The molecule has 2 aliphatic heterocycles. The van der Waals surface area contributed by atoms with Gasteiger partial charge in [-0.05, 0) is 30.9 Å². The topological polar surface area (TPSA) is 78.7 Å². The Hall–Kier alpha value is -2.57. The molecule has 3 amide bonds. The zero-order chi connectivity index (χ0) is 17.6. The number of fused-ring (bicyclic) bond motifs is 1. The fourth-order valence-electron chi connectivity index (χ4n) is 3.78. The second kappa shape index (κ2) is 5.75. The van der Waals surface area contributed by atoms with Gasteiger partial charge in [0.05, 0.1) is 0 Å². The van der Waals surface area contributed by atoms with Crippen LogP contribution in [0.2, 0.25) is 0 Å². The molecular weight excluding hydrogens is 320 g/mol. The molecule has 1 aromatic heterocycles. The number of imide groups is 1. The molecule has 0 atom stereocenters. The number of amides is 3. The predicted octanol–water partition coefficient (Wildman–Crippen LogP) is 2.37. The van der Waals surface area contributed by atoms with Crippen molar-refractivity contribution in [1.82, 2.24) is 15.2 Å². The zero-order valence-corrected chi connectivity index (χ0v) is 14.5. The fourth-order valence-corrected chi connectivity index (χ4v) is 3.78. The third-order valence-corrected chi connectivity index (χ3v) is 5.10. The molecule has 0 radical (unpaired) electrons. The van der Waals surface area contributed by atoms with Gasteiger partial charge in [-0.25, -0.2) is 4.79 Å². The third-order valence-electron chi connectivity index (χ3n) is 5.10. The van der Waals surface area contributed by atoms with E-state index in [1.165, 1.54) is 0 Å². The van der Waals surface area contributed by atoms with E-state index in [0.29, 0.717) is 44.4 Å². The van der Waals surface area contributed by atoms with Crippen molar-refractivity contribution >= 4 is 29.1 Å². The van der Waals surface area contributed by atoms with E-state index in [1.54, 1.807) is 4.90 Å². The zero-order valence-electron chi connectivity index (χ0n) is 14.5. The Morgan fingerprint density at radius 2 is 1.96 bits per heavy atom. The normalized spacial score (nSPS) is 20.1. The monoisotopic (exact) mass is 342 g/mol. The van der Waals surface area contributed by atoms with Crippen molar-refractivity contribution in [3.8, 4) is 0 Å². The number of anilines is 1. The van der Waals surface area contributed by atoms with E-state index in [-0.39, 0.29) is 11.9 Å². The number of rotatable bonds is 3. The van der Waals surface area contributed by atoms with Crippen molar-refractivity contribution in [2.24, 2.45) is 5.92 Å². The maximum Gasteiger partial charge on any atom is 0.325 e. The first-order valence-electron chi connectivity index (χ1n) is 8.73. The summed E-state index contributed by atoms with van der Waals surface area (Å²) in [6.07, 6.45) is 1.16. The first-order valence-corrected chi connectivity index (χ1v) is 8.73. The Bertz CT molecular complexity index is 788. The Labute approximate surface area is 146 Å². The maximum atomic E-state index is 12.5. The molecule has 0 unspecified atom stereocenters. The summed E-state index contributed by atoms with van der Waals surface area (Å²) in [5.74, 6) is 0.138. The van der Waals surface area contributed by atoms with Gasteiger partial charge < -0.3 is 14.2 Å². The lowest BCUT2D eigenvalue weighted by molar-refractivity contribution is -0.127. The van der Waals surface area contributed by atoms with Crippen LogP contribution in [0.25, 0.3) is 11.1 Å². The van der Waals surface area contributed by atoms with Crippen LogP contribution in [0, 0.1) is 5.92 Å². The van der Waals surface area contributed by atoms with E-state index >= 15 is 0 Å². The highest BCUT2D eigenvalue weighted by Gasteiger charge is 2.54. The van der Waals surface area contributed by atoms with Gasteiger partial charge in [-0.15, -0.1) is 0 Å². The maximum absolute atomic E-state index is 12.5. The standard InChI is InChI=1S/C18H22N4O3/c1-12(2)11-22-16(24)20-15(23)18(22)7-9-21(10-8-18)17-19-13-5-3-4-6-14(13)25-17/h3-6,12H,7-11H2,1-2H3,(H,20,23,24). The van der Waals surface area contributed by atoms with Crippen molar-refractivity contribution < 1.29 is 14.0 Å². The summed E-state index contributed by atoms with van der Waals surface area (Å²) in [6, 6.07) is 7.97. The van der Waals surface area contributed by atoms with E-state index in [0.717, 1.165) is 11.1 Å². The minimum atomic E-state index is -0.732. The number of aromatic nitrogens is 1. The van der Waals surface area contributed by atoms with Gasteiger partial charge in [0.25, 0.3) is 11.9 Å². The summed E-state index contributed by atoms with van der Waals surface area (Å²) in [5, 5.41) is 2.50. The van der Waals surface area contributed by atoms with Gasteiger partial charge in [0.1, 0.15) is 11.1 Å². The molecule has 7 nitrogen and oxygen atoms in total. The average Bonchev–Trinajstić information content (AvgIpc) is 3.11. The quantitative estimate of drug-likeness (QED) is 0.867. The summed E-state index contributed by atoms with van der Waals surface area (Å²) < 4.78 is 5.83. The lowest BCUT2D eigenvalue weighted by Crippen LogP contribution is -2.57. The first-order chi connectivity index (χ1) is 12.0. The highest BCUT2D eigenvalue weighted by atomic mass is 16.4. The van der Waals surface area contributed by atoms with E-state index in [4.69, 9.17) is 4.42 Å². The van der Waals surface area contributed by atoms with Gasteiger partial charge in [-0.3, -0.25) is 10.1 Å². The lowest BCUT2D eigenvalue weighted by atomic mass is 9.85. The number of oxazole rings is 1. The summed E-state index contributed by atoms with van der Waals surface area (Å²) in [7, 11) is 0. The van der Waals surface area contributed by atoms with Crippen molar-refractivity contribution in [2.75, 3.05) is 24.5 Å². The summed E-state index contributed by atoms with van der Waals surface area (Å²) in [5.41, 5.74) is 0.852. The predicted molar refractivity (Wildman–Crippen MR) is 93.3 cm³/mol. The van der Waals surface area contributed by atoms with Gasteiger partial charge in [0.2, 0.25) is 0 Å². The van der Waals surface area contributed by atoms with Gasteiger partial charge in [0, 0.05) is 19.6 Å². The fraction of sp³-hybridized carbons (Fsp3) is 0.500. The number of carbonyl (C=O) groups is 2. The second-order valence-electron chi connectivity index (χ2n) is 7.25. The van der Waals surface area contributed by atoms with Gasteiger partial charge in [-0.2, -0.15) is 4.98 Å². The van der Waals surface area contributed by atoms with E-state index < -0.39 is 5.54 Å². The molecule has 2 aromatic rings. The van der Waals surface area contributed by atoms with Gasteiger partial charge >= 0.3 is 6.03 Å². The molecule has 0 aliphatic carbocycles. The number of para-hydroxylation sites is 2. The van der Waals surface area contributed by atoms with Gasteiger partial charge in [0.15, 0.2) is 5.58 Å². The van der Waals surface area contributed by atoms with Crippen LogP contribution in [0.4, 0.5) is 10.8 Å². The van der Waals surface area contributed by atoms with Crippen molar-refractivity contribution in [3.63, 3.8) is 0 Å². The lowest BCUT2D eigenvalue weighted by Gasteiger charge is -2.42. The summed E-state index contributed by atoms with van der Waals surface area (Å²) in [4.78, 5) is 33.0. The van der Waals surface area contributed by atoms with Crippen LogP contribution in [-0.2, 0) is 4.79 Å². The number of carbonyl (C=O) groups excluding carboxylic acids is 2. The molecule has 4 rings (SSSR count). The molecular formula is C18H22N4O3. The Morgan fingerprint density at radius 3 is 2.64 bits per heavy atom. The van der Waals surface area contributed by atoms with Crippen LogP contribution in [0.1, 0.15) is 26.7 Å². The van der Waals surface area contributed by atoms with Crippen LogP contribution in [0.3, 0.4) is 0 Å². The van der Waals surface area contributed by atoms with Crippen molar-refractivity contribution in [3.05, 3.63) is 24.3 Å². The van der Waals surface area contributed by atoms with Crippen LogP contribution in [0.15, 0.2) is 28.7 Å². The van der Waals surface area contributed by atoms with E-state index in [9.17, 15) is 9.59 Å². The molecule has 2 saturated heterocycles. The second-order valence-corrected chi connectivity index (χ2v) is 7.25. The van der Waals surface area contributed by atoms with Crippen molar-refractivity contribution in [1.29, 1.82) is 0 Å². The molecule has 2 fully saturated rings. The molecule has 7 heteroatoms. The molecule has 1 N–H and O–H groups in total. The highest BCUT2D eigenvalue weighted by Crippen LogP contribution is 2.35. The number of hydrogen-bond acceptors (Lipinski definition) is 5. The third kappa shape index (κ3) is 2.54. The van der Waals surface area contributed by atoms with E-state index in [1.807, 2.05) is 24.3 Å². The number of hydrogen-bond donors (Lipinski definition) is 1. The first kappa shape index (κ1) is 15.9. The Morgan fingerprint density at radius 1 is 1.24 bits per heavy atom. The Balaban J connectivity index is 1.55. The molecule has 0 bridgehead atoms. The Kier molecular flexibility index (Phi) is 3.67. The molecule has 3 heterocycles. The number of nitrogens with one attached hydrogen (secondary N) is 1. The molecule has 1 aromatic carbocycles. The minimum Gasteiger partial charge on any atom is -0.423 e. The number of piperidine rings is 1. The number of nitrogens with zero attached hydrogens (tertiary/aromatic N) is 3. The molecule has 1 spiro atoms. The van der Waals surface area contributed by atoms with Gasteiger partial charge in [-0.1, -0.05) is 26.0 Å². The minimum absolute atomic E-state index is 0.171. The SMILES string of the molecule is CC(C)CN1C(=O)NC(=O)C12CCN(c1nc3ccccc3o1)CC2. The largest absolute Gasteiger partial charge is 0.423 e. The molecule has 132 valence electrons. The summed E-state index contributed by atoms with van der Waals surface area (Å²) in [6.45, 7) is 5.94. The molecule has 25 heavy (non-hydrogen) atoms. The smallest absolute Gasteiger partial charge is 0.325 e. The number of urea groups is 1. The summed E-state index contributed by atoms with van der Waals surface area (Å²) >= 11 is 0. The molecule has 0 saturated carbocycles.